The highest BCUT2D eigenvalue weighted by Gasteiger charge is 2.23. The van der Waals surface area contributed by atoms with E-state index in [4.69, 9.17) is 0 Å². The zero-order chi connectivity index (χ0) is 19.8. The minimum atomic E-state index is -0.294. The molecule has 1 unspecified atom stereocenters. The lowest BCUT2D eigenvalue weighted by Crippen LogP contribution is -2.31. The number of benzene rings is 1. The second-order valence-corrected chi connectivity index (χ2v) is 9.26. The summed E-state index contributed by atoms with van der Waals surface area (Å²) < 4.78 is 13.6. The summed E-state index contributed by atoms with van der Waals surface area (Å²) in [4.78, 5) is 34.9. The topological polar surface area (TPSA) is 74.8 Å². The molecule has 2 aromatic heterocycles. The van der Waals surface area contributed by atoms with Crippen molar-refractivity contribution < 1.29 is 9.18 Å². The first-order valence-electron chi connectivity index (χ1n) is 9.13. The van der Waals surface area contributed by atoms with Crippen molar-refractivity contribution >= 4 is 39.2 Å². The molecule has 1 aliphatic heterocycles. The Bertz CT molecular complexity index is 1120. The molecule has 2 N–H and O–H groups in total. The van der Waals surface area contributed by atoms with Crippen molar-refractivity contribution in [3.8, 4) is 0 Å². The van der Waals surface area contributed by atoms with Crippen LogP contribution in [0.1, 0.15) is 40.7 Å². The molecule has 4 rings (SSSR count). The van der Waals surface area contributed by atoms with Crippen LogP contribution in [0, 0.1) is 19.7 Å². The third kappa shape index (κ3) is 3.71. The summed E-state index contributed by atoms with van der Waals surface area (Å²) in [5.41, 5.74) is 1.64. The lowest BCUT2D eigenvalue weighted by Gasteiger charge is -2.26. The maximum absolute atomic E-state index is 13.6. The van der Waals surface area contributed by atoms with Gasteiger partial charge in [-0.2, -0.15) is 0 Å². The molecule has 146 valence electrons. The van der Waals surface area contributed by atoms with Gasteiger partial charge in [0.05, 0.1) is 11.4 Å². The minimum Gasteiger partial charge on any atom is -0.349 e. The van der Waals surface area contributed by atoms with Crippen molar-refractivity contribution in [2.45, 2.75) is 44.0 Å². The van der Waals surface area contributed by atoms with E-state index in [1.54, 1.807) is 17.8 Å². The molecule has 1 aliphatic rings. The smallest absolute Gasteiger partial charge is 0.259 e. The van der Waals surface area contributed by atoms with Crippen LogP contribution in [0.15, 0.2) is 27.9 Å². The molecule has 0 radical (unpaired) electrons. The van der Waals surface area contributed by atoms with Crippen LogP contribution in [0.2, 0.25) is 0 Å². The Kier molecular flexibility index (Phi) is 5.25. The van der Waals surface area contributed by atoms with Gasteiger partial charge in [0, 0.05) is 28.4 Å². The highest BCUT2D eigenvalue weighted by molar-refractivity contribution is 7.99. The Morgan fingerprint density at radius 2 is 2.21 bits per heavy atom. The van der Waals surface area contributed by atoms with Gasteiger partial charge in [0.25, 0.3) is 5.56 Å². The van der Waals surface area contributed by atoms with Gasteiger partial charge in [0.15, 0.2) is 0 Å². The van der Waals surface area contributed by atoms with E-state index in [0.717, 1.165) is 33.1 Å². The van der Waals surface area contributed by atoms with Gasteiger partial charge in [-0.05, 0) is 49.6 Å². The van der Waals surface area contributed by atoms with E-state index < -0.39 is 0 Å². The molecular weight excluding hydrogens is 397 g/mol. The number of thioether (sulfide) groups is 1. The van der Waals surface area contributed by atoms with Crippen LogP contribution in [0.25, 0.3) is 10.2 Å². The Hall–Kier alpha value is -2.19. The summed E-state index contributed by atoms with van der Waals surface area (Å²) in [5, 5.41) is 3.63. The van der Waals surface area contributed by atoms with Gasteiger partial charge in [-0.3, -0.25) is 9.59 Å². The van der Waals surface area contributed by atoms with Crippen LogP contribution >= 0.6 is 23.1 Å². The average Bonchev–Trinajstić information content (AvgIpc) is 2.95. The Morgan fingerprint density at radius 3 is 3.04 bits per heavy atom. The number of aromatic amines is 1. The number of H-pyrrole nitrogens is 1. The highest BCUT2D eigenvalue weighted by Crippen LogP contribution is 2.36. The predicted octanol–water partition coefficient (Wildman–Crippen LogP) is 4.03. The van der Waals surface area contributed by atoms with Gasteiger partial charge in [0.2, 0.25) is 5.91 Å². The number of nitrogens with zero attached hydrogens (tertiary/aromatic N) is 1. The molecular formula is C20H20FN3O2S2. The summed E-state index contributed by atoms with van der Waals surface area (Å²) >= 11 is 3.17. The van der Waals surface area contributed by atoms with Gasteiger partial charge in [-0.1, -0.05) is 0 Å². The summed E-state index contributed by atoms with van der Waals surface area (Å²) in [7, 11) is 0. The zero-order valence-corrected chi connectivity index (χ0v) is 17.2. The van der Waals surface area contributed by atoms with Crippen molar-refractivity contribution in [1.82, 2.24) is 15.3 Å². The number of rotatable bonds is 4. The Morgan fingerprint density at radius 1 is 1.39 bits per heavy atom. The highest BCUT2D eigenvalue weighted by atomic mass is 32.2. The summed E-state index contributed by atoms with van der Waals surface area (Å²) in [6, 6.07) is 4.53. The van der Waals surface area contributed by atoms with Crippen molar-refractivity contribution in [2.24, 2.45) is 0 Å². The number of aryl methyl sites for hydroxylation is 3. The first-order valence-corrected chi connectivity index (χ1v) is 10.9. The van der Waals surface area contributed by atoms with E-state index in [-0.39, 0.29) is 29.7 Å². The molecule has 1 amide bonds. The first kappa shape index (κ1) is 19.1. The molecule has 8 heteroatoms. The molecule has 1 atom stereocenters. The van der Waals surface area contributed by atoms with E-state index in [9.17, 15) is 14.0 Å². The standard InChI is InChI=1S/C20H20FN3O2S2/c1-10-11(2)28-20-18(10)19(26)23-16(24-20)5-6-17(25)22-14-7-8-27-15-4-3-12(21)9-13(14)15/h3-4,9,14H,5-8H2,1-2H3,(H,22,25)(H,23,24,26). The lowest BCUT2D eigenvalue weighted by atomic mass is 10.0. The number of halogens is 1. The third-order valence-corrected chi connectivity index (χ3v) is 7.25. The second kappa shape index (κ2) is 7.67. The monoisotopic (exact) mass is 417 g/mol. The Balaban J connectivity index is 1.45. The lowest BCUT2D eigenvalue weighted by molar-refractivity contribution is -0.121. The summed E-state index contributed by atoms with van der Waals surface area (Å²) in [5.74, 6) is 0.969. The largest absolute Gasteiger partial charge is 0.349 e. The zero-order valence-electron chi connectivity index (χ0n) is 15.6. The fourth-order valence-electron chi connectivity index (χ4n) is 3.43. The number of thiophene rings is 1. The first-order chi connectivity index (χ1) is 13.4. The van der Waals surface area contributed by atoms with Gasteiger partial charge in [-0.15, -0.1) is 23.1 Å². The number of hydrogen-bond donors (Lipinski definition) is 2. The maximum atomic E-state index is 13.6. The molecule has 5 nitrogen and oxygen atoms in total. The van der Waals surface area contributed by atoms with Gasteiger partial charge >= 0.3 is 0 Å². The molecule has 28 heavy (non-hydrogen) atoms. The van der Waals surface area contributed by atoms with E-state index in [2.05, 4.69) is 15.3 Å². The third-order valence-electron chi connectivity index (χ3n) is 5.02. The van der Waals surface area contributed by atoms with Crippen molar-refractivity contribution in [2.75, 3.05) is 5.75 Å². The molecule has 0 spiro atoms. The SMILES string of the molecule is Cc1sc2nc(CCC(=O)NC3CCSc4ccc(F)cc43)[nH]c(=O)c2c1C. The number of amides is 1. The minimum absolute atomic E-state index is 0.131. The van der Waals surface area contributed by atoms with E-state index in [0.29, 0.717) is 22.5 Å². The fourth-order valence-corrected chi connectivity index (χ4v) is 5.59. The van der Waals surface area contributed by atoms with Gasteiger partial charge in [-0.25, -0.2) is 9.37 Å². The fraction of sp³-hybridized carbons (Fsp3) is 0.350. The van der Waals surface area contributed by atoms with Crippen LogP contribution in [0.3, 0.4) is 0 Å². The van der Waals surface area contributed by atoms with Crippen LogP contribution in [-0.4, -0.2) is 21.6 Å². The molecule has 1 aromatic carbocycles. The normalized spacial score (nSPS) is 16.2. The molecule has 0 saturated heterocycles. The molecule has 3 aromatic rings. The molecule has 3 heterocycles. The van der Waals surface area contributed by atoms with Crippen LogP contribution in [0.5, 0.6) is 0 Å². The van der Waals surface area contributed by atoms with Crippen molar-refractivity contribution in [3.63, 3.8) is 0 Å². The van der Waals surface area contributed by atoms with E-state index in [1.165, 1.54) is 23.5 Å². The summed E-state index contributed by atoms with van der Waals surface area (Å²) in [6.07, 6.45) is 1.33. The number of hydrogen-bond acceptors (Lipinski definition) is 5. The van der Waals surface area contributed by atoms with Crippen LogP contribution in [-0.2, 0) is 11.2 Å². The number of fused-ring (bicyclic) bond motifs is 2. The number of carbonyl (C=O) groups excluding carboxylic acids is 1. The van der Waals surface area contributed by atoms with Crippen LogP contribution < -0.4 is 10.9 Å². The van der Waals surface area contributed by atoms with Gasteiger partial charge in [0.1, 0.15) is 16.5 Å². The van der Waals surface area contributed by atoms with E-state index >= 15 is 0 Å². The number of nitrogens with one attached hydrogen (secondary N) is 2. The molecule has 0 fully saturated rings. The second-order valence-electron chi connectivity index (χ2n) is 6.92. The van der Waals surface area contributed by atoms with Crippen molar-refractivity contribution in [1.29, 1.82) is 0 Å². The predicted molar refractivity (Wildman–Crippen MR) is 111 cm³/mol. The molecule has 0 bridgehead atoms. The van der Waals surface area contributed by atoms with Crippen LogP contribution in [0.4, 0.5) is 4.39 Å². The molecule has 0 saturated carbocycles. The number of carbonyl (C=O) groups is 1. The van der Waals surface area contributed by atoms with Gasteiger partial charge < -0.3 is 10.3 Å². The quantitative estimate of drug-likeness (QED) is 0.672. The van der Waals surface area contributed by atoms with E-state index in [1.807, 2.05) is 13.8 Å². The molecule has 0 aliphatic carbocycles. The number of aromatic nitrogens is 2. The Labute approximate surface area is 169 Å². The van der Waals surface area contributed by atoms with Crippen molar-refractivity contribution in [3.05, 3.63) is 56.2 Å². The average molecular weight is 418 g/mol. The summed E-state index contributed by atoms with van der Waals surface area (Å²) in [6.45, 7) is 3.89. The maximum Gasteiger partial charge on any atom is 0.259 e.